The summed E-state index contributed by atoms with van der Waals surface area (Å²) < 4.78 is 0. The van der Waals surface area contributed by atoms with Crippen LogP contribution >= 0.6 is 11.8 Å². The second kappa shape index (κ2) is 5.52. The highest BCUT2D eigenvalue weighted by molar-refractivity contribution is 7.99. The van der Waals surface area contributed by atoms with Crippen molar-refractivity contribution in [1.82, 2.24) is 10.3 Å². The Morgan fingerprint density at radius 1 is 1.53 bits per heavy atom. The van der Waals surface area contributed by atoms with Gasteiger partial charge >= 0.3 is 0 Å². The number of thioether (sulfide) groups is 1. The van der Waals surface area contributed by atoms with E-state index in [1.165, 1.54) is 12.8 Å². The van der Waals surface area contributed by atoms with Crippen LogP contribution in [-0.4, -0.2) is 23.3 Å². The summed E-state index contributed by atoms with van der Waals surface area (Å²) in [6.45, 7) is 3.44. The van der Waals surface area contributed by atoms with Gasteiger partial charge in [-0.3, -0.25) is 0 Å². The van der Waals surface area contributed by atoms with Gasteiger partial charge in [-0.05, 0) is 37.4 Å². The van der Waals surface area contributed by atoms with Crippen molar-refractivity contribution < 1.29 is 0 Å². The zero-order valence-corrected chi connectivity index (χ0v) is 9.96. The molecule has 2 rings (SSSR count). The zero-order chi connectivity index (χ0) is 10.5. The first-order chi connectivity index (χ1) is 7.34. The molecule has 82 valence electrons. The molecular weight excluding hydrogens is 204 g/mol. The van der Waals surface area contributed by atoms with Gasteiger partial charge in [0.2, 0.25) is 0 Å². The van der Waals surface area contributed by atoms with Gasteiger partial charge in [0, 0.05) is 18.0 Å². The van der Waals surface area contributed by atoms with Gasteiger partial charge in [0.05, 0.1) is 5.03 Å². The molecular formula is C12H18N2S. The fraction of sp³-hybridized carbons (Fsp3) is 0.583. The summed E-state index contributed by atoms with van der Waals surface area (Å²) in [7, 11) is 0. The minimum atomic E-state index is 0.720. The molecule has 1 aromatic heterocycles. The Labute approximate surface area is 95.9 Å². The second-order valence-electron chi connectivity index (χ2n) is 4.27. The van der Waals surface area contributed by atoms with Crippen molar-refractivity contribution in [2.75, 3.05) is 12.3 Å². The molecule has 1 aliphatic rings. The molecule has 3 heteroatoms. The van der Waals surface area contributed by atoms with Crippen LogP contribution in [0.5, 0.6) is 0 Å². The van der Waals surface area contributed by atoms with E-state index in [0.29, 0.717) is 0 Å². The van der Waals surface area contributed by atoms with E-state index in [4.69, 9.17) is 0 Å². The number of nitrogens with zero attached hydrogens (tertiary/aromatic N) is 1. The van der Waals surface area contributed by atoms with Crippen LogP contribution in [0, 0.1) is 5.92 Å². The fourth-order valence-electron chi connectivity index (χ4n) is 1.37. The maximum atomic E-state index is 4.30. The lowest BCUT2D eigenvalue weighted by Crippen LogP contribution is -2.24. The van der Waals surface area contributed by atoms with Crippen LogP contribution in [0.4, 0.5) is 0 Å². The van der Waals surface area contributed by atoms with Crippen LogP contribution < -0.4 is 5.32 Å². The smallest absolute Gasteiger partial charge is 0.0959 e. The van der Waals surface area contributed by atoms with E-state index in [-0.39, 0.29) is 0 Å². The number of hydrogen-bond donors (Lipinski definition) is 1. The van der Waals surface area contributed by atoms with Crippen molar-refractivity contribution in [3.8, 4) is 0 Å². The Morgan fingerprint density at radius 2 is 2.40 bits per heavy atom. The quantitative estimate of drug-likeness (QED) is 0.749. The van der Waals surface area contributed by atoms with E-state index in [1.54, 1.807) is 0 Å². The average molecular weight is 222 g/mol. The molecule has 0 spiro atoms. The molecule has 1 N–H and O–H groups in total. The molecule has 1 fully saturated rings. The van der Waals surface area contributed by atoms with Crippen molar-refractivity contribution in [3.63, 3.8) is 0 Å². The Bertz CT molecular complexity index is 285. The highest BCUT2D eigenvalue weighted by atomic mass is 32.2. The van der Waals surface area contributed by atoms with Crippen molar-refractivity contribution >= 4 is 11.8 Å². The molecule has 1 unspecified atom stereocenters. The Kier molecular flexibility index (Phi) is 4.03. The molecule has 0 saturated heterocycles. The third-order valence-corrected chi connectivity index (χ3v) is 3.76. The van der Waals surface area contributed by atoms with E-state index >= 15 is 0 Å². The highest BCUT2D eigenvalue weighted by Crippen LogP contribution is 2.20. The van der Waals surface area contributed by atoms with Gasteiger partial charge in [0.25, 0.3) is 0 Å². The number of hydrogen-bond acceptors (Lipinski definition) is 3. The summed E-state index contributed by atoms with van der Waals surface area (Å²) in [4.78, 5) is 4.30. The molecule has 0 radical (unpaired) electrons. The summed E-state index contributed by atoms with van der Waals surface area (Å²) in [5.41, 5.74) is 0. The minimum Gasteiger partial charge on any atom is -0.314 e. The van der Waals surface area contributed by atoms with Crippen molar-refractivity contribution in [3.05, 3.63) is 24.4 Å². The van der Waals surface area contributed by atoms with Crippen molar-refractivity contribution in [1.29, 1.82) is 0 Å². The normalized spacial score (nSPS) is 17.7. The summed E-state index contributed by atoms with van der Waals surface area (Å²) in [6, 6.07) is 6.91. The Balaban J connectivity index is 1.63. The molecule has 1 aliphatic carbocycles. The van der Waals surface area contributed by atoms with Gasteiger partial charge < -0.3 is 5.32 Å². The summed E-state index contributed by atoms with van der Waals surface area (Å²) >= 11 is 1.85. The first kappa shape index (κ1) is 11.0. The van der Waals surface area contributed by atoms with E-state index in [1.807, 2.05) is 30.1 Å². The number of rotatable bonds is 6. The standard InChI is InChI=1S/C12H18N2S/c1-10(8-14-11-5-6-11)9-15-12-4-2-3-7-13-12/h2-4,7,10-11,14H,5-6,8-9H2,1H3. The van der Waals surface area contributed by atoms with E-state index < -0.39 is 0 Å². The second-order valence-corrected chi connectivity index (χ2v) is 5.31. The lowest BCUT2D eigenvalue weighted by Gasteiger charge is -2.11. The highest BCUT2D eigenvalue weighted by Gasteiger charge is 2.20. The molecule has 15 heavy (non-hydrogen) atoms. The van der Waals surface area contributed by atoms with Crippen LogP contribution in [0.25, 0.3) is 0 Å². The number of nitrogens with one attached hydrogen (secondary N) is 1. The predicted molar refractivity (Wildman–Crippen MR) is 65.1 cm³/mol. The molecule has 0 bridgehead atoms. The van der Waals surface area contributed by atoms with Gasteiger partial charge in [0.1, 0.15) is 0 Å². The number of aromatic nitrogens is 1. The largest absolute Gasteiger partial charge is 0.314 e. The first-order valence-electron chi connectivity index (χ1n) is 5.62. The zero-order valence-electron chi connectivity index (χ0n) is 9.15. The van der Waals surface area contributed by atoms with Crippen LogP contribution in [0.3, 0.4) is 0 Å². The number of pyridine rings is 1. The van der Waals surface area contributed by atoms with Gasteiger partial charge in [-0.1, -0.05) is 13.0 Å². The lowest BCUT2D eigenvalue weighted by atomic mass is 10.2. The molecule has 2 nitrogen and oxygen atoms in total. The van der Waals surface area contributed by atoms with Crippen LogP contribution in [0.15, 0.2) is 29.4 Å². The average Bonchev–Trinajstić information content (AvgIpc) is 3.09. The molecule has 0 aromatic carbocycles. The molecule has 0 amide bonds. The van der Waals surface area contributed by atoms with Crippen LogP contribution in [0.2, 0.25) is 0 Å². The third-order valence-electron chi connectivity index (χ3n) is 2.49. The molecule has 1 saturated carbocycles. The van der Waals surface area contributed by atoms with Crippen molar-refractivity contribution in [2.24, 2.45) is 5.92 Å². The predicted octanol–water partition coefficient (Wildman–Crippen LogP) is 2.56. The van der Waals surface area contributed by atoms with Gasteiger partial charge in [-0.2, -0.15) is 0 Å². The molecule has 1 atom stereocenters. The monoisotopic (exact) mass is 222 g/mol. The third kappa shape index (κ3) is 4.22. The molecule has 1 aromatic rings. The Morgan fingerprint density at radius 3 is 3.07 bits per heavy atom. The maximum absolute atomic E-state index is 4.30. The van der Waals surface area contributed by atoms with Gasteiger partial charge in [-0.25, -0.2) is 4.98 Å². The lowest BCUT2D eigenvalue weighted by molar-refractivity contribution is 0.556. The van der Waals surface area contributed by atoms with E-state index in [9.17, 15) is 0 Å². The first-order valence-corrected chi connectivity index (χ1v) is 6.60. The van der Waals surface area contributed by atoms with Crippen molar-refractivity contribution in [2.45, 2.75) is 30.8 Å². The summed E-state index contributed by atoms with van der Waals surface area (Å²) in [5, 5.41) is 4.69. The molecule has 1 heterocycles. The SMILES string of the molecule is CC(CNC1CC1)CSc1ccccn1. The summed E-state index contributed by atoms with van der Waals surface area (Å²) in [5.74, 6) is 1.87. The van der Waals surface area contributed by atoms with Gasteiger partial charge in [-0.15, -0.1) is 11.8 Å². The Hall–Kier alpha value is -0.540. The van der Waals surface area contributed by atoms with E-state index in [0.717, 1.165) is 29.3 Å². The molecule has 0 aliphatic heterocycles. The van der Waals surface area contributed by atoms with E-state index in [2.05, 4.69) is 23.3 Å². The van der Waals surface area contributed by atoms with Crippen LogP contribution in [-0.2, 0) is 0 Å². The van der Waals surface area contributed by atoms with Crippen LogP contribution in [0.1, 0.15) is 19.8 Å². The topological polar surface area (TPSA) is 24.9 Å². The fourth-order valence-corrected chi connectivity index (χ4v) is 2.26. The minimum absolute atomic E-state index is 0.720. The summed E-state index contributed by atoms with van der Waals surface area (Å²) in [6.07, 6.45) is 4.61. The van der Waals surface area contributed by atoms with Gasteiger partial charge in [0.15, 0.2) is 0 Å². The maximum Gasteiger partial charge on any atom is 0.0959 e.